The summed E-state index contributed by atoms with van der Waals surface area (Å²) in [4.78, 5) is 17.6. The van der Waals surface area contributed by atoms with Crippen LogP contribution in [0.3, 0.4) is 0 Å². The van der Waals surface area contributed by atoms with Gasteiger partial charge in [0.1, 0.15) is 12.1 Å². The van der Waals surface area contributed by atoms with E-state index in [1.54, 1.807) is 6.07 Å². The van der Waals surface area contributed by atoms with Crippen LogP contribution in [0.25, 0.3) is 5.65 Å². The molecule has 0 amide bonds. The van der Waals surface area contributed by atoms with Gasteiger partial charge in [-0.05, 0) is 11.6 Å². The van der Waals surface area contributed by atoms with E-state index in [0.29, 0.717) is 12.2 Å². The van der Waals surface area contributed by atoms with Crippen LogP contribution < -0.4 is 16.3 Å². The summed E-state index contributed by atoms with van der Waals surface area (Å²) >= 11 is 0. The van der Waals surface area contributed by atoms with Gasteiger partial charge in [0, 0.05) is 25.3 Å². The molecule has 0 fully saturated rings. The summed E-state index contributed by atoms with van der Waals surface area (Å²) in [6, 6.07) is 9.44. The fraction of sp³-hybridized carbons (Fsp3) is 0.154. The number of anilines is 2. The minimum Gasteiger partial charge on any atom is -0.398 e. The second-order valence-electron chi connectivity index (χ2n) is 4.56. The molecule has 3 aromatic rings. The molecule has 102 valence electrons. The Morgan fingerprint density at radius 1 is 1.40 bits per heavy atom. The Balaban J connectivity index is 1.90. The SMILES string of the molecule is CN(Cc1ccccc1N)c1cc2n[nH]c(=O)n2cn1. The molecule has 7 nitrogen and oxygen atoms in total. The monoisotopic (exact) mass is 270 g/mol. The van der Waals surface area contributed by atoms with E-state index in [-0.39, 0.29) is 5.69 Å². The van der Waals surface area contributed by atoms with E-state index < -0.39 is 0 Å². The summed E-state index contributed by atoms with van der Waals surface area (Å²) in [6.07, 6.45) is 1.46. The third kappa shape index (κ3) is 2.09. The third-order valence-electron chi connectivity index (χ3n) is 3.15. The lowest BCUT2D eigenvalue weighted by atomic mass is 10.2. The summed E-state index contributed by atoms with van der Waals surface area (Å²) < 4.78 is 1.36. The van der Waals surface area contributed by atoms with E-state index in [1.165, 1.54) is 10.7 Å². The number of aromatic nitrogens is 4. The molecule has 0 saturated carbocycles. The van der Waals surface area contributed by atoms with Gasteiger partial charge in [-0.1, -0.05) is 18.2 Å². The van der Waals surface area contributed by atoms with Gasteiger partial charge in [0.15, 0.2) is 5.65 Å². The van der Waals surface area contributed by atoms with Crippen molar-refractivity contribution in [3.63, 3.8) is 0 Å². The van der Waals surface area contributed by atoms with Crippen LogP contribution in [0, 0.1) is 0 Å². The molecule has 2 aromatic heterocycles. The molecule has 0 unspecified atom stereocenters. The van der Waals surface area contributed by atoms with Crippen molar-refractivity contribution in [2.24, 2.45) is 0 Å². The number of para-hydroxylation sites is 1. The van der Waals surface area contributed by atoms with Crippen molar-refractivity contribution >= 4 is 17.2 Å². The van der Waals surface area contributed by atoms with Crippen molar-refractivity contribution in [2.45, 2.75) is 6.54 Å². The van der Waals surface area contributed by atoms with Gasteiger partial charge in [-0.3, -0.25) is 0 Å². The van der Waals surface area contributed by atoms with Gasteiger partial charge < -0.3 is 10.6 Å². The Hall–Kier alpha value is -2.83. The van der Waals surface area contributed by atoms with Crippen molar-refractivity contribution in [1.29, 1.82) is 0 Å². The summed E-state index contributed by atoms with van der Waals surface area (Å²) in [7, 11) is 1.91. The van der Waals surface area contributed by atoms with Gasteiger partial charge in [0.25, 0.3) is 0 Å². The zero-order valence-electron chi connectivity index (χ0n) is 10.9. The summed E-state index contributed by atoms with van der Waals surface area (Å²) in [5.41, 5.74) is 7.94. The van der Waals surface area contributed by atoms with Crippen LogP contribution in [-0.2, 0) is 6.54 Å². The molecule has 7 heteroatoms. The van der Waals surface area contributed by atoms with Gasteiger partial charge in [0.2, 0.25) is 0 Å². The average Bonchev–Trinajstić information content (AvgIpc) is 2.82. The average molecular weight is 270 g/mol. The molecule has 0 aliphatic rings. The third-order valence-corrected chi connectivity index (χ3v) is 3.15. The fourth-order valence-corrected chi connectivity index (χ4v) is 2.02. The first-order valence-electron chi connectivity index (χ1n) is 6.12. The maximum absolute atomic E-state index is 11.4. The number of hydrogen-bond donors (Lipinski definition) is 2. The summed E-state index contributed by atoms with van der Waals surface area (Å²) in [6.45, 7) is 0.629. The van der Waals surface area contributed by atoms with Gasteiger partial charge in [-0.2, -0.15) is 5.10 Å². The van der Waals surface area contributed by atoms with E-state index in [2.05, 4.69) is 15.2 Å². The second-order valence-corrected chi connectivity index (χ2v) is 4.56. The number of fused-ring (bicyclic) bond motifs is 1. The lowest BCUT2D eigenvalue weighted by Gasteiger charge is -2.19. The van der Waals surface area contributed by atoms with E-state index in [0.717, 1.165) is 17.1 Å². The minimum atomic E-state index is -0.297. The topological polar surface area (TPSA) is 92.3 Å². The normalized spacial score (nSPS) is 10.8. The molecule has 0 spiro atoms. The standard InChI is InChI=1S/C13H14N6O/c1-18(7-9-4-2-3-5-10(9)14)11-6-12-16-17-13(20)19(12)8-15-11/h2-6,8H,7,14H2,1H3,(H,17,20). The van der Waals surface area contributed by atoms with Gasteiger partial charge in [-0.15, -0.1) is 0 Å². The molecule has 3 N–H and O–H groups in total. The Morgan fingerprint density at radius 3 is 3.00 bits per heavy atom. The molecule has 0 aliphatic heterocycles. The maximum atomic E-state index is 11.4. The van der Waals surface area contributed by atoms with Crippen LogP contribution in [0.5, 0.6) is 0 Å². The van der Waals surface area contributed by atoms with Crippen LogP contribution in [0.15, 0.2) is 41.5 Å². The second kappa shape index (κ2) is 4.69. The van der Waals surface area contributed by atoms with Crippen molar-refractivity contribution < 1.29 is 0 Å². The molecule has 0 saturated heterocycles. The van der Waals surface area contributed by atoms with Gasteiger partial charge >= 0.3 is 5.69 Å². The van der Waals surface area contributed by atoms with Crippen LogP contribution in [0.1, 0.15) is 5.56 Å². The van der Waals surface area contributed by atoms with Crippen molar-refractivity contribution in [3.05, 3.63) is 52.7 Å². The van der Waals surface area contributed by atoms with Crippen molar-refractivity contribution in [3.8, 4) is 0 Å². The van der Waals surface area contributed by atoms with E-state index in [9.17, 15) is 4.79 Å². The summed E-state index contributed by atoms with van der Waals surface area (Å²) in [5.74, 6) is 0.722. The number of hydrogen-bond acceptors (Lipinski definition) is 5. The number of benzene rings is 1. The molecule has 0 bridgehead atoms. The number of rotatable bonds is 3. The van der Waals surface area contributed by atoms with Gasteiger partial charge in [0.05, 0.1) is 0 Å². The first kappa shape index (κ1) is 12.2. The number of nitrogens with zero attached hydrogens (tertiary/aromatic N) is 4. The highest BCUT2D eigenvalue weighted by Crippen LogP contribution is 2.17. The number of aromatic amines is 1. The maximum Gasteiger partial charge on any atom is 0.348 e. The highest BCUT2D eigenvalue weighted by Gasteiger charge is 2.08. The van der Waals surface area contributed by atoms with Crippen LogP contribution in [-0.4, -0.2) is 26.6 Å². The molecular formula is C13H14N6O. The first-order chi connectivity index (χ1) is 9.65. The van der Waals surface area contributed by atoms with E-state index in [4.69, 9.17) is 5.73 Å². The number of nitrogens with one attached hydrogen (secondary N) is 1. The Bertz CT molecular complexity index is 806. The largest absolute Gasteiger partial charge is 0.398 e. The zero-order valence-corrected chi connectivity index (χ0v) is 10.9. The highest BCUT2D eigenvalue weighted by molar-refractivity contribution is 5.52. The number of nitrogens with two attached hydrogens (primary N) is 1. The molecule has 0 radical (unpaired) electrons. The molecule has 0 aliphatic carbocycles. The first-order valence-corrected chi connectivity index (χ1v) is 6.12. The van der Waals surface area contributed by atoms with Gasteiger partial charge in [-0.25, -0.2) is 19.3 Å². The van der Waals surface area contributed by atoms with Crippen molar-refractivity contribution in [2.75, 3.05) is 17.7 Å². The van der Waals surface area contributed by atoms with Crippen molar-refractivity contribution in [1.82, 2.24) is 19.6 Å². The Labute approximate surface area is 114 Å². The molecule has 0 atom stereocenters. The Morgan fingerprint density at radius 2 is 2.20 bits per heavy atom. The Kier molecular flexibility index (Phi) is 2.86. The van der Waals surface area contributed by atoms with E-state index in [1.807, 2.05) is 36.2 Å². The number of H-pyrrole nitrogens is 1. The molecule has 1 aromatic carbocycles. The lowest BCUT2D eigenvalue weighted by Crippen LogP contribution is -2.19. The minimum absolute atomic E-state index is 0.297. The summed E-state index contributed by atoms with van der Waals surface area (Å²) in [5, 5.41) is 6.30. The van der Waals surface area contributed by atoms with Crippen LogP contribution in [0.4, 0.5) is 11.5 Å². The van der Waals surface area contributed by atoms with Crippen LogP contribution in [0.2, 0.25) is 0 Å². The lowest BCUT2D eigenvalue weighted by molar-refractivity contribution is 0.886. The smallest absolute Gasteiger partial charge is 0.348 e. The van der Waals surface area contributed by atoms with Crippen LogP contribution >= 0.6 is 0 Å². The quantitative estimate of drug-likeness (QED) is 0.681. The highest BCUT2D eigenvalue weighted by atomic mass is 16.1. The molecule has 2 heterocycles. The molecular weight excluding hydrogens is 256 g/mol. The predicted molar refractivity (Wildman–Crippen MR) is 76.6 cm³/mol. The zero-order chi connectivity index (χ0) is 14.1. The number of nitrogen functional groups attached to an aromatic ring is 1. The van der Waals surface area contributed by atoms with E-state index >= 15 is 0 Å². The predicted octanol–water partition coefficient (Wildman–Crippen LogP) is 0.636. The molecule has 20 heavy (non-hydrogen) atoms. The molecule has 3 rings (SSSR count). The fourth-order valence-electron chi connectivity index (χ4n) is 2.02.